The van der Waals surface area contributed by atoms with E-state index in [-0.39, 0.29) is 11.9 Å². The summed E-state index contributed by atoms with van der Waals surface area (Å²) in [7, 11) is 0. The zero-order valence-electron chi connectivity index (χ0n) is 12.1. The van der Waals surface area contributed by atoms with Crippen LogP contribution in [0.25, 0.3) is 0 Å². The largest absolute Gasteiger partial charge is 0.369 e. The lowest BCUT2D eigenvalue weighted by molar-refractivity contribution is 0.531. The highest BCUT2D eigenvalue weighted by Crippen LogP contribution is 2.31. The first kappa shape index (κ1) is 13.6. The number of benzene rings is 1. The summed E-state index contributed by atoms with van der Waals surface area (Å²) < 4.78 is 15.0. The van der Waals surface area contributed by atoms with Crippen LogP contribution in [0, 0.1) is 5.82 Å². The van der Waals surface area contributed by atoms with Crippen LogP contribution in [-0.4, -0.2) is 22.3 Å². The van der Waals surface area contributed by atoms with E-state index in [4.69, 9.17) is 5.73 Å². The first-order valence-corrected chi connectivity index (χ1v) is 6.95. The zero-order chi connectivity index (χ0) is 15.0. The number of anilines is 1. The minimum atomic E-state index is -0.266. The second kappa shape index (κ2) is 5.20. The molecule has 0 saturated carbocycles. The SMILES string of the molecule is CC(C)n1cc(C2CN=C(N)N2c2ccc(F)cc2)cn1. The van der Waals surface area contributed by atoms with Gasteiger partial charge in [0.2, 0.25) is 0 Å². The predicted octanol–water partition coefficient (Wildman–Crippen LogP) is 2.48. The summed E-state index contributed by atoms with van der Waals surface area (Å²) in [6.07, 6.45) is 3.86. The summed E-state index contributed by atoms with van der Waals surface area (Å²) in [4.78, 5) is 6.24. The number of rotatable bonds is 3. The molecule has 21 heavy (non-hydrogen) atoms. The molecule has 1 aromatic carbocycles. The molecule has 0 radical (unpaired) electrons. The van der Waals surface area contributed by atoms with E-state index in [1.54, 1.807) is 12.1 Å². The smallest absolute Gasteiger partial charge is 0.196 e. The Hall–Kier alpha value is -2.37. The van der Waals surface area contributed by atoms with E-state index in [1.807, 2.05) is 22.0 Å². The van der Waals surface area contributed by atoms with Crippen LogP contribution in [-0.2, 0) is 0 Å². The highest BCUT2D eigenvalue weighted by molar-refractivity contribution is 5.97. The van der Waals surface area contributed by atoms with Gasteiger partial charge in [0.1, 0.15) is 5.82 Å². The van der Waals surface area contributed by atoms with Crippen LogP contribution in [0.3, 0.4) is 0 Å². The molecule has 2 aromatic rings. The van der Waals surface area contributed by atoms with Crippen molar-refractivity contribution in [2.45, 2.75) is 25.9 Å². The quantitative estimate of drug-likeness (QED) is 0.943. The van der Waals surface area contributed by atoms with Crippen LogP contribution < -0.4 is 10.6 Å². The van der Waals surface area contributed by atoms with Gasteiger partial charge in [-0.15, -0.1) is 0 Å². The number of halogens is 1. The number of hydrogen-bond donors (Lipinski definition) is 1. The van der Waals surface area contributed by atoms with Crippen molar-refractivity contribution >= 4 is 11.6 Å². The molecule has 1 aliphatic rings. The Morgan fingerprint density at radius 1 is 1.29 bits per heavy atom. The lowest BCUT2D eigenvalue weighted by atomic mass is 10.1. The van der Waals surface area contributed by atoms with Gasteiger partial charge in [-0.25, -0.2) is 4.39 Å². The van der Waals surface area contributed by atoms with E-state index < -0.39 is 0 Å². The summed E-state index contributed by atoms with van der Waals surface area (Å²) >= 11 is 0. The minimum absolute atomic E-state index is 0.00274. The Labute approximate surface area is 122 Å². The Morgan fingerprint density at radius 2 is 2.00 bits per heavy atom. The lowest BCUT2D eigenvalue weighted by Crippen LogP contribution is -2.36. The summed E-state index contributed by atoms with van der Waals surface area (Å²) in [5.74, 6) is 0.182. The fourth-order valence-corrected chi connectivity index (χ4v) is 2.47. The van der Waals surface area contributed by atoms with Crippen LogP contribution in [0.1, 0.15) is 31.5 Å². The second-order valence-electron chi connectivity index (χ2n) is 5.41. The molecule has 0 amide bonds. The maximum Gasteiger partial charge on any atom is 0.196 e. The predicted molar refractivity (Wildman–Crippen MR) is 80.7 cm³/mol. The molecule has 6 heteroatoms. The van der Waals surface area contributed by atoms with Gasteiger partial charge in [-0.2, -0.15) is 5.10 Å². The van der Waals surface area contributed by atoms with E-state index >= 15 is 0 Å². The van der Waals surface area contributed by atoms with Crippen LogP contribution >= 0.6 is 0 Å². The molecule has 0 bridgehead atoms. The molecule has 1 unspecified atom stereocenters. The number of aromatic nitrogens is 2. The molecule has 1 aromatic heterocycles. The van der Waals surface area contributed by atoms with Crippen molar-refractivity contribution in [3.8, 4) is 0 Å². The lowest BCUT2D eigenvalue weighted by Gasteiger charge is -2.25. The molecule has 1 atom stereocenters. The maximum absolute atomic E-state index is 13.1. The number of aliphatic imine (C=N–C) groups is 1. The highest BCUT2D eigenvalue weighted by Gasteiger charge is 2.29. The fraction of sp³-hybridized carbons (Fsp3) is 0.333. The highest BCUT2D eigenvalue weighted by atomic mass is 19.1. The van der Waals surface area contributed by atoms with Gasteiger partial charge < -0.3 is 10.6 Å². The van der Waals surface area contributed by atoms with E-state index in [1.165, 1.54) is 12.1 Å². The third-order valence-electron chi connectivity index (χ3n) is 3.62. The molecule has 3 rings (SSSR count). The van der Waals surface area contributed by atoms with Crippen molar-refractivity contribution in [2.75, 3.05) is 11.4 Å². The van der Waals surface area contributed by atoms with Crippen LogP contribution in [0.15, 0.2) is 41.7 Å². The van der Waals surface area contributed by atoms with Gasteiger partial charge in [0.25, 0.3) is 0 Å². The number of guanidine groups is 1. The topological polar surface area (TPSA) is 59.4 Å². The summed E-state index contributed by atoms with van der Waals surface area (Å²) in [6.45, 7) is 4.73. The minimum Gasteiger partial charge on any atom is -0.369 e. The Balaban J connectivity index is 1.92. The average Bonchev–Trinajstić information content (AvgIpc) is 3.06. The van der Waals surface area contributed by atoms with Crippen LogP contribution in [0.5, 0.6) is 0 Å². The fourth-order valence-electron chi connectivity index (χ4n) is 2.47. The Morgan fingerprint density at radius 3 is 2.62 bits per heavy atom. The van der Waals surface area contributed by atoms with Gasteiger partial charge in [0.15, 0.2) is 5.96 Å². The number of nitrogens with two attached hydrogens (primary N) is 1. The normalized spacial score (nSPS) is 18.4. The van der Waals surface area contributed by atoms with Crippen molar-refractivity contribution < 1.29 is 4.39 Å². The van der Waals surface area contributed by atoms with Crippen LogP contribution in [0.4, 0.5) is 10.1 Å². The summed E-state index contributed by atoms with van der Waals surface area (Å²) in [6, 6.07) is 6.58. The van der Waals surface area contributed by atoms with Crippen molar-refractivity contribution in [2.24, 2.45) is 10.7 Å². The van der Waals surface area contributed by atoms with Gasteiger partial charge >= 0.3 is 0 Å². The van der Waals surface area contributed by atoms with Crippen molar-refractivity contribution in [3.05, 3.63) is 48.0 Å². The van der Waals surface area contributed by atoms with Gasteiger partial charge in [-0.1, -0.05) is 0 Å². The van der Waals surface area contributed by atoms with E-state index in [2.05, 4.69) is 23.9 Å². The van der Waals surface area contributed by atoms with E-state index in [0.29, 0.717) is 18.5 Å². The molecule has 1 aliphatic heterocycles. The van der Waals surface area contributed by atoms with Crippen LogP contribution in [0.2, 0.25) is 0 Å². The first-order chi connectivity index (χ1) is 10.1. The monoisotopic (exact) mass is 287 g/mol. The van der Waals surface area contributed by atoms with Gasteiger partial charge in [0.05, 0.1) is 18.8 Å². The Bertz CT molecular complexity index is 659. The number of nitrogens with zero attached hydrogens (tertiary/aromatic N) is 4. The van der Waals surface area contributed by atoms with Gasteiger partial charge in [-0.3, -0.25) is 9.67 Å². The number of hydrogen-bond acceptors (Lipinski definition) is 4. The Kier molecular flexibility index (Phi) is 3.37. The molecule has 0 saturated heterocycles. The van der Waals surface area contributed by atoms with Crippen molar-refractivity contribution in [1.29, 1.82) is 0 Å². The third kappa shape index (κ3) is 2.49. The zero-order valence-corrected chi connectivity index (χ0v) is 12.1. The van der Waals surface area contributed by atoms with Gasteiger partial charge in [0, 0.05) is 23.5 Å². The average molecular weight is 287 g/mol. The molecule has 0 fully saturated rings. The van der Waals surface area contributed by atoms with E-state index in [0.717, 1.165) is 11.3 Å². The third-order valence-corrected chi connectivity index (χ3v) is 3.62. The molecule has 0 spiro atoms. The maximum atomic E-state index is 13.1. The van der Waals surface area contributed by atoms with Gasteiger partial charge in [-0.05, 0) is 38.1 Å². The molecule has 5 nitrogen and oxygen atoms in total. The molecule has 2 N–H and O–H groups in total. The molecule has 0 aliphatic carbocycles. The second-order valence-corrected chi connectivity index (χ2v) is 5.41. The summed E-state index contributed by atoms with van der Waals surface area (Å²) in [5.41, 5.74) is 7.88. The standard InChI is InChI=1S/C15H18FN5/c1-10(2)20-9-11(7-19-20)14-8-18-15(17)21(14)13-5-3-12(16)4-6-13/h3-7,9-10,14H,8H2,1-2H3,(H2,17,18). The molecular weight excluding hydrogens is 269 g/mol. The molecular formula is C15H18FN5. The van der Waals surface area contributed by atoms with E-state index in [9.17, 15) is 4.39 Å². The molecule has 2 heterocycles. The molecule has 110 valence electrons. The van der Waals surface area contributed by atoms with Crippen molar-refractivity contribution in [3.63, 3.8) is 0 Å². The first-order valence-electron chi connectivity index (χ1n) is 6.95. The van der Waals surface area contributed by atoms with Crippen molar-refractivity contribution in [1.82, 2.24) is 9.78 Å². The summed E-state index contributed by atoms with van der Waals surface area (Å²) in [5, 5.41) is 4.37.